The summed E-state index contributed by atoms with van der Waals surface area (Å²) in [7, 11) is 0. The van der Waals surface area contributed by atoms with Gasteiger partial charge in [0.2, 0.25) is 0 Å². The van der Waals surface area contributed by atoms with Gasteiger partial charge in [-0.3, -0.25) is 9.69 Å². The van der Waals surface area contributed by atoms with E-state index in [4.69, 9.17) is 9.47 Å². The largest absolute Gasteiger partial charge is 0.492 e. The molecule has 32 heavy (non-hydrogen) atoms. The minimum atomic E-state index is 0.0140. The molecular formula is C26H33N3O3. The highest BCUT2D eigenvalue weighted by Crippen LogP contribution is 2.41. The molecule has 2 atom stereocenters. The Bertz CT molecular complexity index is 881. The Morgan fingerprint density at radius 2 is 1.78 bits per heavy atom. The van der Waals surface area contributed by atoms with Gasteiger partial charge in [0.15, 0.2) is 0 Å². The molecule has 3 fully saturated rings. The molecule has 1 aliphatic carbocycles. The molecule has 0 aromatic heterocycles. The quantitative estimate of drug-likeness (QED) is 0.691. The third-order valence-corrected chi connectivity index (χ3v) is 6.87. The van der Waals surface area contributed by atoms with E-state index in [1.54, 1.807) is 4.90 Å². The second-order valence-electron chi connectivity index (χ2n) is 9.08. The van der Waals surface area contributed by atoms with Crippen molar-refractivity contribution in [3.8, 4) is 5.75 Å². The highest BCUT2D eigenvalue weighted by Gasteiger charge is 2.39. The molecule has 6 heteroatoms. The minimum absolute atomic E-state index is 0.0140. The lowest BCUT2D eigenvalue weighted by Crippen LogP contribution is -2.44. The predicted molar refractivity (Wildman–Crippen MR) is 125 cm³/mol. The van der Waals surface area contributed by atoms with Crippen LogP contribution in [0.3, 0.4) is 0 Å². The first kappa shape index (κ1) is 21.4. The standard InChI is InChI=1S/C26H33N3O3/c30-26-19-31-16-15-29(26)22-6-8-23(9-7-22)32-17-14-28-12-10-21(11-13-28)27-25-18-24(25)20-4-2-1-3-5-20/h1-9,21,24-25,27H,10-19H2/t24-,25+/m0/s1. The normalized spacial score (nSPS) is 24.5. The summed E-state index contributed by atoms with van der Waals surface area (Å²) in [4.78, 5) is 16.2. The predicted octanol–water partition coefficient (Wildman–Crippen LogP) is 3.04. The first-order valence-corrected chi connectivity index (χ1v) is 11.9. The van der Waals surface area contributed by atoms with E-state index >= 15 is 0 Å². The van der Waals surface area contributed by atoms with Crippen LogP contribution in [0.1, 0.15) is 30.7 Å². The number of benzene rings is 2. The maximum absolute atomic E-state index is 12.0. The van der Waals surface area contributed by atoms with E-state index in [1.807, 2.05) is 24.3 Å². The molecule has 0 unspecified atom stereocenters. The van der Waals surface area contributed by atoms with Crippen LogP contribution in [0.2, 0.25) is 0 Å². The smallest absolute Gasteiger partial charge is 0.253 e. The first-order chi connectivity index (χ1) is 15.8. The molecule has 0 bridgehead atoms. The van der Waals surface area contributed by atoms with Gasteiger partial charge in [0, 0.05) is 36.8 Å². The van der Waals surface area contributed by atoms with Gasteiger partial charge in [-0.05, 0) is 62.2 Å². The van der Waals surface area contributed by atoms with Crippen molar-refractivity contribution >= 4 is 11.6 Å². The fourth-order valence-electron chi connectivity index (χ4n) is 4.88. The summed E-state index contributed by atoms with van der Waals surface area (Å²) in [6.45, 7) is 5.25. The van der Waals surface area contributed by atoms with Gasteiger partial charge < -0.3 is 19.7 Å². The summed E-state index contributed by atoms with van der Waals surface area (Å²) in [5, 5.41) is 3.89. The molecule has 0 radical (unpaired) electrons. The number of likely N-dealkylation sites (tertiary alicyclic amines) is 1. The molecule has 170 valence electrons. The summed E-state index contributed by atoms with van der Waals surface area (Å²) in [6, 6.07) is 20.0. The topological polar surface area (TPSA) is 54.0 Å². The Labute approximate surface area is 190 Å². The number of nitrogens with zero attached hydrogens (tertiary/aromatic N) is 2. The molecule has 5 rings (SSSR count). The number of carbonyl (C=O) groups excluding carboxylic acids is 1. The summed E-state index contributed by atoms with van der Waals surface area (Å²) >= 11 is 0. The Morgan fingerprint density at radius 3 is 2.53 bits per heavy atom. The molecule has 1 amide bonds. The van der Waals surface area contributed by atoms with Gasteiger partial charge in [0.05, 0.1) is 6.61 Å². The Hall–Kier alpha value is -2.41. The van der Waals surface area contributed by atoms with E-state index in [2.05, 4.69) is 40.5 Å². The van der Waals surface area contributed by atoms with E-state index in [1.165, 1.54) is 24.8 Å². The summed E-state index contributed by atoms with van der Waals surface area (Å²) in [5.41, 5.74) is 2.38. The zero-order valence-corrected chi connectivity index (χ0v) is 18.6. The monoisotopic (exact) mass is 435 g/mol. The molecule has 2 saturated heterocycles. The van der Waals surface area contributed by atoms with Crippen molar-refractivity contribution in [2.45, 2.75) is 37.3 Å². The number of nitrogens with one attached hydrogen (secondary N) is 1. The lowest BCUT2D eigenvalue weighted by atomic mass is 10.0. The summed E-state index contributed by atoms with van der Waals surface area (Å²) in [5.74, 6) is 1.57. The van der Waals surface area contributed by atoms with Crippen molar-refractivity contribution in [3.05, 3.63) is 60.2 Å². The van der Waals surface area contributed by atoms with Crippen molar-refractivity contribution < 1.29 is 14.3 Å². The van der Waals surface area contributed by atoms with Gasteiger partial charge in [0.1, 0.15) is 19.0 Å². The van der Waals surface area contributed by atoms with Gasteiger partial charge in [-0.15, -0.1) is 0 Å². The van der Waals surface area contributed by atoms with Crippen LogP contribution < -0.4 is 15.0 Å². The number of ether oxygens (including phenoxy) is 2. The van der Waals surface area contributed by atoms with Crippen molar-refractivity contribution in [2.75, 3.05) is 50.9 Å². The summed E-state index contributed by atoms with van der Waals surface area (Å²) in [6.07, 6.45) is 3.69. The number of hydrogen-bond donors (Lipinski definition) is 1. The lowest BCUT2D eigenvalue weighted by molar-refractivity contribution is -0.125. The highest BCUT2D eigenvalue weighted by atomic mass is 16.5. The maximum Gasteiger partial charge on any atom is 0.253 e. The van der Waals surface area contributed by atoms with Crippen LogP contribution in [0.15, 0.2) is 54.6 Å². The molecule has 3 aliphatic rings. The number of morpholine rings is 1. The van der Waals surface area contributed by atoms with E-state index in [-0.39, 0.29) is 12.5 Å². The molecule has 1 saturated carbocycles. The van der Waals surface area contributed by atoms with E-state index < -0.39 is 0 Å². The van der Waals surface area contributed by atoms with Crippen LogP contribution in [-0.2, 0) is 9.53 Å². The van der Waals surface area contributed by atoms with Gasteiger partial charge >= 0.3 is 0 Å². The van der Waals surface area contributed by atoms with Crippen LogP contribution in [0, 0.1) is 0 Å². The van der Waals surface area contributed by atoms with Gasteiger partial charge in [-0.25, -0.2) is 0 Å². The highest BCUT2D eigenvalue weighted by molar-refractivity contribution is 5.94. The minimum Gasteiger partial charge on any atom is -0.492 e. The number of piperidine rings is 1. The van der Waals surface area contributed by atoms with Crippen LogP contribution in [-0.4, -0.2) is 68.9 Å². The van der Waals surface area contributed by atoms with Gasteiger partial charge in [-0.2, -0.15) is 0 Å². The fraction of sp³-hybridized carbons (Fsp3) is 0.500. The molecule has 1 N–H and O–H groups in total. The van der Waals surface area contributed by atoms with Gasteiger partial charge in [0.25, 0.3) is 5.91 Å². The molecule has 2 aliphatic heterocycles. The lowest BCUT2D eigenvalue weighted by Gasteiger charge is -2.32. The third kappa shape index (κ3) is 5.31. The molecular weight excluding hydrogens is 402 g/mol. The SMILES string of the molecule is O=C1COCCN1c1ccc(OCCN2CCC(N[C@@H]3C[C@H]3c3ccccc3)CC2)cc1. The van der Waals surface area contributed by atoms with Crippen LogP contribution in [0.25, 0.3) is 0 Å². The second kappa shape index (κ2) is 10.0. The zero-order chi connectivity index (χ0) is 21.8. The van der Waals surface area contributed by atoms with E-state index in [0.29, 0.717) is 37.8 Å². The first-order valence-electron chi connectivity index (χ1n) is 11.9. The second-order valence-corrected chi connectivity index (χ2v) is 9.08. The van der Waals surface area contributed by atoms with Crippen molar-refractivity contribution in [1.29, 1.82) is 0 Å². The average molecular weight is 436 g/mol. The molecule has 6 nitrogen and oxygen atoms in total. The van der Waals surface area contributed by atoms with Crippen LogP contribution in [0.5, 0.6) is 5.75 Å². The molecule has 2 aromatic rings. The number of amides is 1. The van der Waals surface area contributed by atoms with Crippen molar-refractivity contribution in [2.24, 2.45) is 0 Å². The number of carbonyl (C=O) groups is 1. The van der Waals surface area contributed by atoms with Crippen LogP contribution in [0.4, 0.5) is 5.69 Å². The number of anilines is 1. The third-order valence-electron chi connectivity index (χ3n) is 6.87. The van der Waals surface area contributed by atoms with E-state index in [0.717, 1.165) is 31.1 Å². The Kier molecular flexibility index (Phi) is 6.72. The van der Waals surface area contributed by atoms with Crippen molar-refractivity contribution in [1.82, 2.24) is 10.2 Å². The maximum atomic E-state index is 12.0. The molecule has 2 aromatic carbocycles. The molecule has 2 heterocycles. The number of hydrogen-bond acceptors (Lipinski definition) is 5. The summed E-state index contributed by atoms with van der Waals surface area (Å²) < 4.78 is 11.2. The molecule has 0 spiro atoms. The number of rotatable bonds is 8. The van der Waals surface area contributed by atoms with Crippen molar-refractivity contribution in [3.63, 3.8) is 0 Å². The Morgan fingerprint density at radius 1 is 1.00 bits per heavy atom. The fourth-order valence-corrected chi connectivity index (χ4v) is 4.88. The van der Waals surface area contributed by atoms with Gasteiger partial charge in [-0.1, -0.05) is 30.3 Å². The van der Waals surface area contributed by atoms with E-state index in [9.17, 15) is 4.79 Å². The van der Waals surface area contributed by atoms with Crippen LogP contribution >= 0.6 is 0 Å². The average Bonchev–Trinajstić information content (AvgIpc) is 3.61. The Balaban J connectivity index is 0.993. The zero-order valence-electron chi connectivity index (χ0n) is 18.6.